The Balaban J connectivity index is 1.55. The number of thiophene rings is 1. The van der Waals surface area contributed by atoms with E-state index in [0.717, 1.165) is 20.8 Å². The molecule has 5 heteroatoms. The third-order valence-corrected chi connectivity index (χ3v) is 5.57. The van der Waals surface area contributed by atoms with Crippen LogP contribution in [0.2, 0.25) is 0 Å². The van der Waals surface area contributed by atoms with E-state index in [0.29, 0.717) is 11.1 Å². The van der Waals surface area contributed by atoms with Gasteiger partial charge in [-0.3, -0.25) is 14.6 Å². The molecule has 0 aliphatic heterocycles. The van der Waals surface area contributed by atoms with Crippen LogP contribution in [0, 0.1) is 0 Å². The van der Waals surface area contributed by atoms with Gasteiger partial charge in [0.05, 0.1) is 17.3 Å². The number of hydrogen-bond acceptors (Lipinski definition) is 4. The predicted molar refractivity (Wildman–Crippen MR) is 102 cm³/mol. The van der Waals surface area contributed by atoms with E-state index in [-0.39, 0.29) is 17.1 Å². The fourth-order valence-corrected chi connectivity index (χ4v) is 4.21. The standard InChI is InChI=1S/C21H12N2O2S/c24-20-15-3-1-2-4-16(15)21(25)17(20)11-14-5-6-19(26-14)23-10-8-13-7-9-22-12-18(13)23/h1-12H. The molecule has 5 rings (SSSR count). The Bertz CT molecular complexity index is 1190. The summed E-state index contributed by atoms with van der Waals surface area (Å²) in [5.41, 5.74) is 2.23. The van der Waals surface area contributed by atoms with Crippen molar-refractivity contribution in [2.45, 2.75) is 0 Å². The second-order valence-corrected chi connectivity index (χ2v) is 7.15. The Hall–Kier alpha value is -3.31. The smallest absolute Gasteiger partial charge is 0.197 e. The second-order valence-electron chi connectivity index (χ2n) is 6.06. The highest BCUT2D eigenvalue weighted by Gasteiger charge is 2.32. The maximum absolute atomic E-state index is 12.5. The van der Waals surface area contributed by atoms with E-state index in [1.54, 1.807) is 36.5 Å². The molecule has 0 fully saturated rings. The Labute approximate surface area is 153 Å². The number of hydrogen-bond donors (Lipinski definition) is 0. The number of rotatable bonds is 2. The maximum atomic E-state index is 12.5. The molecule has 0 spiro atoms. The Kier molecular flexibility index (Phi) is 3.23. The van der Waals surface area contributed by atoms with Gasteiger partial charge in [-0.05, 0) is 30.3 Å². The monoisotopic (exact) mass is 356 g/mol. The van der Waals surface area contributed by atoms with Gasteiger partial charge >= 0.3 is 0 Å². The van der Waals surface area contributed by atoms with Crippen LogP contribution in [0.3, 0.4) is 0 Å². The Morgan fingerprint density at radius 2 is 1.69 bits per heavy atom. The number of benzene rings is 1. The number of Topliss-reactive ketones (excluding diaryl/α,β-unsaturated/α-hetero) is 2. The molecule has 4 aromatic rings. The molecule has 0 amide bonds. The predicted octanol–water partition coefficient (Wildman–Crippen LogP) is 4.55. The lowest BCUT2D eigenvalue weighted by Gasteiger charge is -2.00. The molecule has 0 atom stereocenters. The van der Waals surface area contributed by atoms with Crippen LogP contribution >= 0.6 is 11.3 Å². The van der Waals surface area contributed by atoms with Gasteiger partial charge in [0.1, 0.15) is 5.00 Å². The molecule has 4 nitrogen and oxygen atoms in total. The van der Waals surface area contributed by atoms with Crippen LogP contribution in [0.4, 0.5) is 0 Å². The van der Waals surface area contributed by atoms with Gasteiger partial charge in [0, 0.05) is 33.8 Å². The largest absolute Gasteiger partial charge is 0.307 e. The van der Waals surface area contributed by atoms with Gasteiger partial charge < -0.3 is 4.57 Å². The highest BCUT2D eigenvalue weighted by Crippen LogP contribution is 2.31. The molecule has 3 heterocycles. The number of carbonyl (C=O) groups is 2. The third-order valence-electron chi connectivity index (χ3n) is 4.54. The molecule has 0 saturated carbocycles. The van der Waals surface area contributed by atoms with E-state index in [1.807, 2.05) is 36.7 Å². The van der Waals surface area contributed by atoms with Gasteiger partial charge in [-0.25, -0.2) is 0 Å². The molecule has 26 heavy (non-hydrogen) atoms. The minimum Gasteiger partial charge on any atom is -0.307 e. The molecule has 3 aromatic heterocycles. The molecule has 1 aliphatic carbocycles. The van der Waals surface area contributed by atoms with Crippen LogP contribution < -0.4 is 0 Å². The van der Waals surface area contributed by atoms with E-state index in [1.165, 1.54) is 11.3 Å². The highest BCUT2D eigenvalue weighted by molar-refractivity contribution is 7.15. The molecule has 0 saturated heterocycles. The normalized spacial score (nSPS) is 13.5. The summed E-state index contributed by atoms with van der Waals surface area (Å²) in [4.78, 5) is 30.1. The van der Waals surface area contributed by atoms with Crippen molar-refractivity contribution in [2.75, 3.05) is 0 Å². The summed E-state index contributed by atoms with van der Waals surface area (Å²) in [5.74, 6) is -0.396. The van der Waals surface area contributed by atoms with Gasteiger partial charge in [-0.1, -0.05) is 24.3 Å². The SMILES string of the molecule is O=C1C(=Cc2ccc(-n3ccc4ccncc43)s2)C(=O)c2ccccc21. The van der Waals surface area contributed by atoms with Gasteiger partial charge in [0.25, 0.3) is 0 Å². The Morgan fingerprint density at radius 1 is 0.923 bits per heavy atom. The van der Waals surface area contributed by atoms with E-state index in [4.69, 9.17) is 0 Å². The van der Waals surface area contributed by atoms with Crippen molar-refractivity contribution in [3.05, 3.63) is 88.7 Å². The summed E-state index contributed by atoms with van der Waals surface area (Å²) >= 11 is 1.53. The van der Waals surface area contributed by atoms with Crippen LogP contribution in [-0.4, -0.2) is 21.1 Å². The Morgan fingerprint density at radius 3 is 2.46 bits per heavy atom. The van der Waals surface area contributed by atoms with Crippen molar-refractivity contribution in [1.29, 1.82) is 0 Å². The van der Waals surface area contributed by atoms with Crippen LogP contribution in [0.5, 0.6) is 0 Å². The molecule has 0 radical (unpaired) electrons. The molecule has 0 bridgehead atoms. The maximum Gasteiger partial charge on any atom is 0.197 e. The topological polar surface area (TPSA) is 52.0 Å². The first-order chi connectivity index (χ1) is 12.7. The number of carbonyl (C=O) groups excluding carboxylic acids is 2. The summed E-state index contributed by atoms with van der Waals surface area (Å²) < 4.78 is 2.06. The van der Waals surface area contributed by atoms with Crippen LogP contribution in [-0.2, 0) is 0 Å². The van der Waals surface area contributed by atoms with E-state index < -0.39 is 0 Å². The number of ketones is 2. The molecule has 1 aliphatic rings. The summed E-state index contributed by atoms with van der Waals surface area (Å²) in [7, 11) is 0. The summed E-state index contributed by atoms with van der Waals surface area (Å²) in [6.45, 7) is 0. The quantitative estimate of drug-likeness (QED) is 0.391. The average Bonchev–Trinajstić information content (AvgIpc) is 3.36. The lowest BCUT2D eigenvalue weighted by molar-refractivity contribution is 0.0990. The number of aromatic nitrogens is 2. The zero-order chi connectivity index (χ0) is 17.7. The third kappa shape index (κ3) is 2.18. The van der Waals surface area contributed by atoms with Crippen LogP contribution in [0.25, 0.3) is 22.0 Å². The lowest BCUT2D eigenvalue weighted by atomic mass is 10.1. The van der Waals surface area contributed by atoms with Gasteiger partial charge in [0.15, 0.2) is 11.6 Å². The molecular formula is C21H12N2O2S. The average molecular weight is 356 g/mol. The lowest BCUT2D eigenvalue weighted by Crippen LogP contribution is -1.99. The molecule has 124 valence electrons. The number of pyridine rings is 1. The first-order valence-electron chi connectivity index (χ1n) is 8.14. The summed E-state index contributed by atoms with van der Waals surface area (Å²) in [5, 5.41) is 2.13. The highest BCUT2D eigenvalue weighted by atomic mass is 32.1. The van der Waals surface area contributed by atoms with Crippen molar-refractivity contribution in [3.63, 3.8) is 0 Å². The fourth-order valence-electron chi connectivity index (χ4n) is 3.26. The molecule has 0 unspecified atom stereocenters. The minimum absolute atomic E-state index is 0.198. The van der Waals surface area contributed by atoms with Crippen molar-refractivity contribution >= 4 is 39.9 Å². The second kappa shape index (κ2) is 5.61. The number of allylic oxidation sites excluding steroid dienone is 1. The number of nitrogens with zero attached hydrogens (tertiary/aromatic N) is 2. The minimum atomic E-state index is -0.198. The van der Waals surface area contributed by atoms with Gasteiger partial charge in [0.2, 0.25) is 0 Å². The van der Waals surface area contributed by atoms with Gasteiger partial charge in [-0.15, -0.1) is 11.3 Å². The van der Waals surface area contributed by atoms with Crippen molar-refractivity contribution in [3.8, 4) is 5.00 Å². The zero-order valence-corrected chi connectivity index (χ0v) is 14.4. The van der Waals surface area contributed by atoms with Gasteiger partial charge in [-0.2, -0.15) is 0 Å². The van der Waals surface area contributed by atoms with Crippen molar-refractivity contribution in [2.24, 2.45) is 0 Å². The van der Waals surface area contributed by atoms with Crippen LogP contribution in [0.1, 0.15) is 25.6 Å². The summed E-state index contributed by atoms with van der Waals surface area (Å²) in [6, 6.07) is 14.9. The fraction of sp³-hybridized carbons (Fsp3) is 0. The van der Waals surface area contributed by atoms with Crippen molar-refractivity contribution < 1.29 is 9.59 Å². The number of fused-ring (bicyclic) bond motifs is 2. The molecule has 0 N–H and O–H groups in total. The first kappa shape index (κ1) is 15.0. The first-order valence-corrected chi connectivity index (χ1v) is 8.95. The van der Waals surface area contributed by atoms with Crippen LogP contribution in [0.15, 0.2) is 72.7 Å². The van der Waals surface area contributed by atoms with Crippen molar-refractivity contribution in [1.82, 2.24) is 9.55 Å². The molecular weight excluding hydrogens is 344 g/mol. The summed E-state index contributed by atoms with van der Waals surface area (Å²) in [6.07, 6.45) is 7.29. The molecule has 1 aromatic carbocycles. The van der Waals surface area contributed by atoms with E-state index >= 15 is 0 Å². The van der Waals surface area contributed by atoms with E-state index in [2.05, 4.69) is 9.55 Å². The zero-order valence-electron chi connectivity index (χ0n) is 13.5. The van der Waals surface area contributed by atoms with E-state index in [9.17, 15) is 9.59 Å².